The minimum absolute atomic E-state index is 0.0181. The maximum atomic E-state index is 13.3. The number of thioether (sulfide) groups is 1. The Kier molecular flexibility index (Phi) is 3.89. The number of aryl methyl sites for hydroxylation is 1. The van der Waals surface area contributed by atoms with Crippen LogP contribution in [0.15, 0.2) is 63.3 Å². The smallest absolute Gasteiger partial charge is 0.237 e. The fourth-order valence-corrected chi connectivity index (χ4v) is 5.32. The van der Waals surface area contributed by atoms with Crippen LogP contribution in [0.2, 0.25) is 0 Å². The molecule has 2 N–H and O–H groups in total. The van der Waals surface area contributed by atoms with Crippen LogP contribution < -0.4 is 5.73 Å². The van der Waals surface area contributed by atoms with Crippen molar-refractivity contribution in [2.45, 2.75) is 21.7 Å². The molecule has 6 nitrogen and oxygen atoms in total. The highest BCUT2D eigenvalue weighted by atomic mass is 32.2. The van der Waals surface area contributed by atoms with Crippen LogP contribution in [-0.2, 0) is 9.84 Å². The van der Waals surface area contributed by atoms with Gasteiger partial charge in [-0.2, -0.15) is 0 Å². The Bertz CT molecular complexity index is 1250. The fraction of sp³-hybridized carbons (Fsp3) is 0.111. The Labute approximate surface area is 155 Å². The number of nitrogen functional groups attached to an aromatic ring is 1. The lowest BCUT2D eigenvalue weighted by atomic mass is 10.2. The van der Waals surface area contributed by atoms with E-state index in [9.17, 15) is 8.42 Å². The molecule has 0 aliphatic heterocycles. The number of rotatable bonds is 3. The zero-order chi connectivity index (χ0) is 18.5. The maximum absolute atomic E-state index is 13.3. The van der Waals surface area contributed by atoms with Crippen LogP contribution in [0.1, 0.15) is 5.56 Å². The number of hydrogen-bond acceptors (Lipinski definition) is 6. The van der Waals surface area contributed by atoms with Crippen molar-refractivity contribution < 1.29 is 8.42 Å². The SMILES string of the molecule is CSc1nc2nc3ccccc3n2c(N)c1S(=O)(=O)c1ccc(C)cc1. The van der Waals surface area contributed by atoms with Crippen molar-refractivity contribution in [2.24, 2.45) is 0 Å². The number of nitrogens with zero attached hydrogens (tertiary/aromatic N) is 3. The van der Waals surface area contributed by atoms with Crippen molar-refractivity contribution in [1.82, 2.24) is 14.4 Å². The van der Waals surface area contributed by atoms with E-state index in [4.69, 9.17) is 5.73 Å². The fourth-order valence-electron chi connectivity index (χ4n) is 2.90. The minimum Gasteiger partial charge on any atom is -0.384 e. The summed E-state index contributed by atoms with van der Waals surface area (Å²) in [7, 11) is -3.82. The number of anilines is 1. The van der Waals surface area contributed by atoms with E-state index in [2.05, 4.69) is 9.97 Å². The summed E-state index contributed by atoms with van der Waals surface area (Å²) in [5.74, 6) is 0.504. The van der Waals surface area contributed by atoms with E-state index in [0.717, 1.165) is 11.1 Å². The highest BCUT2D eigenvalue weighted by Crippen LogP contribution is 2.35. The molecule has 0 saturated carbocycles. The van der Waals surface area contributed by atoms with E-state index >= 15 is 0 Å². The third kappa shape index (κ3) is 2.45. The molecule has 2 aromatic heterocycles. The van der Waals surface area contributed by atoms with Gasteiger partial charge in [0.1, 0.15) is 15.7 Å². The summed E-state index contributed by atoms with van der Waals surface area (Å²) < 4.78 is 28.2. The largest absolute Gasteiger partial charge is 0.384 e. The number of nitrogens with two attached hydrogens (primary N) is 1. The van der Waals surface area contributed by atoms with Gasteiger partial charge in [-0.05, 0) is 37.4 Å². The van der Waals surface area contributed by atoms with E-state index in [1.807, 2.05) is 31.2 Å². The lowest BCUT2D eigenvalue weighted by molar-refractivity contribution is 0.593. The molecule has 8 heteroatoms. The molecule has 0 fully saturated rings. The monoisotopic (exact) mass is 384 g/mol. The normalized spacial score (nSPS) is 12.1. The lowest BCUT2D eigenvalue weighted by Gasteiger charge is -2.13. The third-order valence-electron chi connectivity index (χ3n) is 4.21. The predicted octanol–water partition coefficient (Wildman–Crippen LogP) is 3.33. The summed E-state index contributed by atoms with van der Waals surface area (Å²) in [6.07, 6.45) is 1.77. The van der Waals surface area contributed by atoms with E-state index in [-0.39, 0.29) is 15.6 Å². The van der Waals surface area contributed by atoms with Gasteiger partial charge in [0.05, 0.1) is 15.9 Å². The van der Waals surface area contributed by atoms with Crippen molar-refractivity contribution >= 4 is 44.2 Å². The second-order valence-corrected chi connectivity index (χ2v) is 8.57. The topological polar surface area (TPSA) is 90.3 Å². The second kappa shape index (κ2) is 6.00. The van der Waals surface area contributed by atoms with E-state index in [1.54, 1.807) is 34.9 Å². The molecule has 4 rings (SSSR count). The van der Waals surface area contributed by atoms with Gasteiger partial charge in [0, 0.05) is 0 Å². The first-order valence-electron chi connectivity index (χ1n) is 7.86. The Balaban J connectivity index is 2.09. The summed E-state index contributed by atoms with van der Waals surface area (Å²) in [4.78, 5) is 9.12. The molecule has 0 spiro atoms. The standard InChI is InChI=1S/C18H16N4O2S2/c1-11-7-9-12(10-8-11)26(23,24)15-16(19)22-14-6-4-3-5-13(14)20-18(22)21-17(15)25-2/h3-10H,19H2,1-2H3. The molecule has 0 aliphatic rings. The van der Waals surface area contributed by atoms with Gasteiger partial charge in [-0.25, -0.2) is 18.4 Å². The molecule has 132 valence electrons. The highest BCUT2D eigenvalue weighted by Gasteiger charge is 2.28. The minimum atomic E-state index is -3.82. The molecule has 2 aromatic carbocycles. The molecule has 26 heavy (non-hydrogen) atoms. The molecular weight excluding hydrogens is 368 g/mol. The number of para-hydroxylation sites is 2. The van der Waals surface area contributed by atoms with Crippen LogP contribution in [0.4, 0.5) is 5.82 Å². The zero-order valence-electron chi connectivity index (χ0n) is 14.2. The number of aromatic nitrogens is 3. The van der Waals surface area contributed by atoms with Gasteiger partial charge in [0.25, 0.3) is 0 Å². The van der Waals surface area contributed by atoms with Crippen molar-refractivity contribution in [3.63, 3.8) is 0 Å². The van der Waals surface area contributed by atoms with Gasteiger partial charge in [-0.15, -0.1) is 11.8 Å². The van der Waals surface area contributed by atoms with Gasteiger partial charge < -0.3 is 5.73 Å². The Hall–Kier alpha value is -2.58. The van der Waals surface area contributed by atoms with Crippen molar-refractivity contribution in [1.29, 1.82) is 0 Å². The van der Waals surface area contributed by atoms with Gasteiger partial charge in [0.15, 0.2) is 0 Å². The number of fused-ring (bicyclic) bond motifs is 3. The summed E-state index contributed by atoms with van der Waals surface area (Å²) in [6, 6.07) is 14.1. The summed E-state index contributed by atoms with van der Waals surface area (Å²) in [6.45, 7) is 1.91. The summed E-state index contributed by atoms with van der Waals surface area (Å²) in [5.41, 5.74) is 8.77. The number of sulfone groups is 1. The molecule has 0 bridgehead atoms. The Morgan fingerprint density at radius 3 is 2.42 bits per heavy atom. The van der Waals surface area contributed by atoms with Crippen LogP contribution in [-0.4, -0.2) is 29.0 Å². The molecule has 0 aliphatic carbocycles. The van der Waals surface area contributed by atoms with Crippen molar-refractivity contribution in [2.75, 3.05) is 12.0 Å². The van der Waals surface area contributed by atoms with Crippen LogP contribution in [0.3, 0.4) is 0 Å². The van der Waals surface area contributed by atoms with Crippen LogP contribution >= 0.6 is 11.8 Å². The first-order valence-corrected chi connectivity index (χ1v) is 10.6. The van der Waals surface area contributed by atoms with E-state index in [1.165, 1.54) is 11.8 Å². The quantitative estimate of drug-likeness (QED) is 0.430. The summed E-state index contributed by atoms with van der Waals surface area (Å²) >= 11 is 1.24. The van der Waals surface area contributed by atoms with Gasteiger partial charge in [-0.1, -0.05) is 29.8 Å². The Morgan fingerprint density at radius 2 is 1.73 bits per heavy atom. The molecule has 4 aromatic rings. The second-order valence-electron chi connectivity index (χ2n) is 5.89. The van der Waals surface area contributed by atoms with Crippen LogP contribution in [0, 0.1) is 6.92 Å². The molecule has 2 heterocycles. The van der Waals surface area contributed by atoms with E-state index in [0.29, 0.717) is 16.3 Å². The zero-order valence-corrected chi connectivity index (χ0v) is 15.8. The third-order valence-corrected chi connectivity index (χ3v) is 6.85. The van der Waals surface area contributed by atoms with Crippen LogP contribution in [0.25, 0.3) is 16.8 Å². The van der Waals surface area contributed by atoms with Crippen LogP contribution in [0.5, 0.6) is 0 Å². The van der Waals surface area contributed by atoms with Gasteiger partial charge in [0.2, 0.25) is 15.6 Å². The molecule has 0 atom stereocenters. The number of imidazole rings is 1. The molecular formula is C18H16N4O2S2. The molecule has 0 radical (unpaired) electrons. The van der Waals surface area contributed by atoms with E-state index < -0.39 is 9.84 Å². The Morgan fingerprint density at radius 1 is 1.04 bits per heavy atom. The van der Waals surface area contributed by atoms with Crippen molar-refractivity contribution in [3.8, 4) is 0 Å². The average molecular weight is 384 g/mol. The summed E-state index contributed by atoms with van der Waals surface area (Å²) in [5, 5.41) is 0.339. The van der Waals surface area contributed by atoms with Crippen molar-refractivity contribution in [3.05, 3.63) is 54.1 Å². The number of benzene rings is 2. The molecule has 0 saturated heterocycles. The number of hydrogen-bond donors (Lipinski definition) is 1. The molecule has 0 unspecified atom stereocenters. The lowest BCUT2D eigenvalue weighted by Crippen LogP contribution is -2.12. The predicted molar refractivity (Wildman–Crippen MR) is 103 cm³/mol. The van der Waals surface area contributed by atoms with Gasteiger partial charge in [-0.3, -0.25) is 4.40 Å². The first kappa shape index (κ1) is 16.9. The first-order chi connectivity index (χ1) is 12.4. The highest BCUT2D eigenvalue weighted by molar-refractivity contribution is 7.99. The maximum Gasteiger partial charge on any atom is 0.237 e. The molecule has 0 amide bonds. The van der Waals surface area contributed by atoms with Gasteiger partial charge >= 0.3 is 0 Å². The average Bonchev–Trinajstić information content (AvgIpc) is 3.00.